The summed E-state index contributed by atoms with van der Waals surface area (Å²) in [5.41, 5.74) is -1.07. The van der Waals surface area contributed by atoms with Gasteiger partial charge in [0.2, 0.25) is 0 Å². The number of hydrogen-bond donors (Lipinski definition) is 1. The van der Waals surface area contributed by atoms with Crippen LogP contribution in [-0.2, 0) is 15.7 Å². The van der Waals surface area contributed by atoms with Crippen LogP contribution in [0.15, 0.2) is 16.1 Å². The molecule has 92 valence electrons. The first-order valence-corrected chi connectivity index (χ1v) is 6.31. The summed E-state index contributed by atoms with van der Waals surface area (Å²) in [6, 6.07) is 0. The van der Waals surface area contributed by atoms with Crippen molar-refractivity contribution in [1.29, 1.82) is 0 Å². The van der Waals surface area contributed by atoms with Crippen LogP contribution < -0.4 is 4.72 Å². The van der Waals surface area contributed by atoms with Crippen LogP contribution in [-0.4, -0.2) is 17.8 Å². The lowest BCUT2D eigenvalue weighted by Gasteiger charge is -2.16. The molecule has 1 unspecified atom stereocenters. The van der Waals surface area contributed by atoms with Gasteiger partial charge < -0.3 is 0 Å². The summed E-state index contributed by atoms with van der Waals surface area (Å²) in [6.07, 6.45) is -1.35. The number of amides is 1. The molecule has 0 aromatic heterocycles. The molecule has 0 fully saturated rings. The van der Waals surface area contributed by atoms with Gasteiger partial charge in [0.25, 0.3) is 5.91 Å². The van der Waals surface area contributed by atoms with Crippen molar-refractivity contribution in [3.63, 3.8) is 0 Å². The number of nitrogens with zero attached hydrogens (tertiary/aromatic N) is 1. The fourth-order valence-electron chi connectivity index (χ4n) is 1.16. The maximum atomic E-state index is 12.3. The summed E-state index contributed by atoms with van der Waals surface area (Å²) < 4.78 is 42.9. The standard InChI is InChI=1S/C9H13F3N2OS/c1-2-3-4-5-16-13-7(9(10,11)12)6-8(15)14-16/h6H,2-5H2,1H3,(H,13,14,15). The predicted octanol–water partition coefficient (Wildman–Crippen LogP) is 2.47. The van der Waals surface area contributed by atoms with E-state index in [2.05, 4.69) is 9.08 Å². The van der Waals surface area contributed by atoms with Crippen LogP contribution in [0.3, 0.4) is 0 Å². The van der Waals surface area contributed by atoms with E-state index in [1.165, 1.54) is 0 Å². The summed E-state index contributed by atoms with van der Waals surface area (Å²) in [4.78, 5) is 11.0. The minimum atomic E-state index is -4.53. The number of carbonyl (C=O) groups excluding carboxylic acids is 1. The number of alkyl halides is 3. The van der Waals surface area contributed by atoms with Crippen molar-refractivity contribution in [3.8, 4) is 0 Å². The highest BCUT2D eigenvalue weighted by Gasteiger charge is 2.36. The molecule has 1 aliphatic heterocycles. The third-order valence-corrected chi connectivity index (χ3v) is 3.46. The third-order valence-electron chi connectivity index (χ3n) is 1.93. The Labute approximate surface area is 94.3 Å². The zero-order chi connectivity index (χ0) is 12.2. The monoisotopic (exact) mass is 254 g/mol. The van der Waals surface area contributed by atoms with Crippen molar-refractivity contribution in [2.75, 3.05) is 5.75 Å². The Kier molecular flexibility index (Phi) is 4.52. The van der Waals surface area contributed by atoms with E-state index in [4.69, 9.17) is 0 Å². The lowest BCUT2D eigenvalue weighted by atomic mass is 10.3. The molecule has 0 saturated heterocycles. The molecule has 1 rings (SSSR count). The first kappa shape index (κ1) is 13.2. The Hall–Kier alpha value is -0.850. The Morgan fingerprint density at radius 3 is 2.69 bits per heavy atom. The van der Waals surface area contributed by atoms with E-state index < -0.39 is 28.7 Å². The maximum absolute atomic E-state index is 12.3. The van der Waals surface area contributed by atoms with E-state index in [1.807, 2.05) is 6.92 Å². The van der Waals surface area contributed by atoms with Gasteiger partial charge in [0.05, 0.1) is 0 Å². The van der Waals surface area contributed by atoms with E-state index in [0.717, 1.165) is 19.3 Å². The van der Waals surface area contributed by atoms with Gasteiger partial charge in [-0.05, 0) is 17.3 Å². The number of unbranched alkanes of at least 4 members (excludes halogenated alkanes) is 2. The lowest BCUT2D eigenvalue weighted by molar-refractivity contribution is -0.116. The van der Waals surface area contributed by atoms with E-state index in [9.17, 15) is 18.0 Å². The number of rotatable bonds is 4. The topological polar surface area (TPSA) is 41.5 Å². The van der Waals surface area contributed by atoms with Crippen LogP contribution in [0.2, 0.25) is 0 Å². The Morgan fingerprint density at radius 2 is 2.12 bits per heavy atom. The van der Waals surface area contributed by atoms with Crippen molar-refractivity contribution < 1.29 is 18.0 Å². The van der Waals surface area contributed by atoms with Gasteiger partial charge in [-0.15, -0.1) is 0 Å². The fourth-order valence-corrected chi connectivity index (χ4v) is 2.56. The van der Waals surface area contributed by atoms with Gasteiger partial charge >= 0.3 is 6.18 Å². The Bertz CT molecular complexity index is 336. The molecular weight excluding hydrogens is 241 g/mol. The maximum Gasteiger partial charge on any atom is 0.434 e. The van der Waals surface area contributed by atoms with Gasteiger partial charge in [-0.3, -0.25) is 9.52 Å². The van der Waals surface area contributed by atoms with Crippen LogP contribution in [0.25, 0.3) is 0 Å². The molecule has 0 saturated carbocycles. The number of allylic oxidation sites excluding steroid dienone is 1. The zero-order valence-electron chi connectivity index (χ0n) is 8.80. The molecule has 0 aliphatic carbocycles. The van der Waals surface area contributed by atoms with Gasteiger partial charge in [-0.25, -0.2) is 4.36 Å². The normalized spacial score (nSPS) is 21.1. The van der Waals surface area contributed by atoms with Crippen molar-refractivity contribution in [1.82, 2.24) is 4.72 Å². The number of halogens is 3. The van der Waals surface area contributed by atoms with E-state index in [0.29, 0.717) is 11.8 Å². The Balaban J connectivity index is 2.69. The second-order valence-electron chi connectivity index (χ2n) is 3.36. The molecule has 16 heavy (non-hydrogen) atoms. The van der Waals surface area contributed by atoms with Gasteiger partial charge in [-0.2, -0.15) is 13.2 Å². The smallest absolute Gasteiger partial charge is 0.288 e. The van der Waals surface area contributed by atoms with E-state index >= 15 is 0 Å². The molecular formula is C9H13F3N2OS. The summed E-state index contributed by atoms with van der Waals surface area (Å²) in [5, 5.41) is 0. The summed E-state index contributed by atoms with van der Waals surface area (Å²) >= 11 is 0. The highest BCUT2D eigenvalue weighted by atomic mass is 32.2. The van der Waals surface area contributed by atoms with E-state index in [1.54, 1.807) is 0 Å². The molecule has 1 atom stereocenters. The highest BCUT2D eigenvalue weighted by molar-refractivity contribution is 7.86. The van der Waals surface area contributed by atoms with E-state index in [-0.39, 0.29) is 0 Å². The van der Waals surface area contributed by atoms with Gasteiger partial charge in [0.15, 0.2) is 5.70 Å². The highest BCUT2D eigenvalue weighted by Crippen LogP contribution is 2.28. The second kappa shape index (κ2) is 5.47. The number of nitrogens with one attached hydrogen (secondary N) is 1. The van der Waals surface area contributed by atoms with Crippen molar-refractivity contribution in [2.24, 2.45) is 4.36 Å². The van der Waals surface area contributed by atoms with Crippen LogP contribution in [0.1, 0.15) is 26.2 Å². The fraction of sp³-hybridized carbons (Fsp3) is 0.667. The molecule has 0 radical (unpaired) electrons. The molecule has 0 aromatic rings. The van der Waals surface area contributed by atoms with Crippen molar-refractivity contribution in [2.45, 2.75) is 32.4 Å². The third kappa shape index (κ3) is 3.96. The molecule has 1 amide bonds. The Morgan fingerprint density at radius 1 is 1.44 bits per heavy atom. The first-order valence-electron chi connectivity index (χ1n) is 4.95. The molecule has 7 heteroatoms. The summed E-state index contributed by atoms with van der Waals surface area (Å²) in [5.74, 6) is -0.227. The first-order chi connectivity index (χ1) is 7.43. The number of hydrogen-bond acceptors (Lipinski definition) is 2. The molecule has 0 aromatic carbocycles. The lowest BCUT2D eigenvalue weighted by Crippen LogP contribution is -2.31. The van der Waals surface area contributed by atoms with Crippen LogP contribution >= 0.6 is 0 Å². The minimum Gasteiger partial charge on any atom is -0.288 e. The van der Waals surface area contributed by atoms with Crippen LogP contribution in [0, 0.1) is 0 Å². The predicted molar refractivity (Wildman–Crippen MR) is 56.5 cm³/mol. The molecule has 1 aliphatic rings. The molecule has 3 nitrogen and oxygen atoms in total. The van der Waals surface area contributed by atoms with Crippen LogP contribution in [0.4, 0.5) is 13.2 Å². The second-order valence-corrected chi connectivity index (χ2v) is 4.89. The molecule has 0 bridgehead atoms. The van der Waals surface area contributed by atoms with Gasteiger partial charge in [0.1, 0.15) is 0 Å². The SMILES string of the molecule is CCCCCS1=NC(C(F)(F)F)=CC(=O)N1. The van der Waals surface area contributed by atoms with Crippen molar-refractivity contribution in [3.05, 3.63) is 11.8 Å². The van der Waals surface area contributed by atoms with Crippen LogP contribution in [0.5, 0.6) is 0 Å². The summed E-state index contributed by atoms with van der Waals surface area (Å²) in [7, 11) is -1.02. The summed E-state index contributed by atoms with van der Waals surface area (Å²) in [6.45, 7) is 2.00. The average molecular weight is 254 g/mol. The molecule has 0 spiro atoms. The quantitative estimate of drug-likeness (QED) is 0.769. The van der Waals surface area contributed by atoms with Gasteiger partial charge in [0, 0.05) is 11.8 Å². The molecule has 1 heterocycles. The average Bonchev–Trinajstić information content (AvgIpc) is 2.16. The zero-order valence-corrected chi connectivity index (χ0v) is 9.62. The largest absolute Gasteiger partial charge is 0.434 e. The molecule has 1 N–H and O–H groups in total. The number of carbonyl (C=O) groups is 1. The minimum absolute atomic E-state index is 0.479. The van der Waals surface area contributed by atoms with Crippen molar-refractivity contribution >= 4 is 16.8 Å². The van der Waals surface area contributed by atoms with Gasteiger partial charge in [-0.1, -0.05) is 19.8 Å².